The first kappa shape index (κ1) is 15.8. The van der Waals surface area contributed by atoms with E-state index in [1.54, 1.807) is 0 Å². The highest BCUT2D eigenvalue weighted by Crippen LogP contribution is 2.27. The van der Waals surface area contributed by atoms with Gasteiger partial charge in [0.1, 0.15) is 25.9 Å². The number of esters is 2. The number of aliphatic hydroxyl groups is 2. The summed E-state index contributed by atoms with van der Waals surface area (Å²) in [5.41, 5.74) is 0. The molecule has 8 nitrogen and oxygen atoms in total. The van der Waals surface area contributed by atoms with Crippen LogP contribution in [0.2, 0.25) is 0 Å². The van der Waals surface area contributed by atoms with Gasteiger partial charge in [-0.2, -0.15) is 0 Å². The van der Waals surface area contributed by atoms with E-state index in [1.165, 1.54) is 7.11 Å². The van der Waals surface area contributed by atoms with Gasteiger partial charge >= 0.3 is 11.9 Å². The van der Waals surface area contributed by atoms with E-state index in [1.807, 2.05) is 0 Å². The Morgan fingerprint density at radius 3 is 2.42 bits per heavy atom. The van der Waals surface area contributed by atoms with Gasteiger partial charge in [-0.1, -0.05) is 0 Å². The lowest BCUT2D eigenvalue weighted by atomic mass is 10.1. The van der Waals surface area contributed by atoms with E-state index in [4.69, 9.17) is 19.7 Å². The van der Waals surface area contributed by atoms with Crippen molar-refractivity contribution in [3.8, 4) is 0 Å². The van der Waals surface area contributed by atoms with Crippen molar-refractivity contribution < 1.29 is 43.1 Å². The van der Waals surface area contributed by atoms with Gasteiger partial charge in [-0.05, 0) is 0 Å². The van der Waals surface area contributed by atoms with E-state index in [-0.39, 0.29) is 0 Å². The molecule has 0 aromatic carbocycles. The van der Waals surface area contributed by atoms with Crippen molar-refractivity contribution in [3.05, 3.63) is 0 Å². The third-order valence-electron chi connectivity index (χ3n) is 2.42. The molecule has 1 rings (SSSR count). The molecule has 0 aromatic heterocycles. The summed E-state index contributed by atoms with van der Waals surface area (Å²) in [4.78, 5) is 21.8. The van der Waals surface area contributed by atoms with Crippen molar-refractivity contribution in [3.63, 3.8) is 0 Å². The van der Waals surface area contributed by atoms with Crippen LogP contribution in [0.1, 0.15) is 0 Å². The van der Waals surface area contributed by atoms with Crippen LogP contribution < -0.4 is 0 Å². The number of ether oxygens (including phenoxy) is 4. The Kier molecular flexibility index (Phi) is 6.09. The van der Waals surface area contributed by atoms with E-state index in [0.29, 0.717) is 0 Å². The van der Waals surface area contributed by atoms with E-state index in [0.717, 1.165) is 0 Å². The number of methoxy groups -OCH3 is 1. The van der Waals surface area contributed by atoms with E-state index >= 15 is 0 Å². The second kappa shape index (κ2) is 7.34. The number of hydrogen-bond acceptors (Lipinski definition) is 8. The maximum atomic E-state index is 13.8. The number of rotatable bonds is 6. The quantitative estimate of drug-likeness (QED) is 0.545. The van der Waals surface area contributed by atoms with Crippen molar-refractivity contribution >= 4 is 11.9 Å². The molecule has 1 fully saturated rings. The smallest absolute Gasteiger partial charge is 0.332 e. The molecule has 4 atom stereocenters. The normalized spacial score (nSPS) is 30.1. The van der Waals surface area contributed by atoms with Crippen LogP contribution in [-0.4, -0.2) is 73.8 Å². The molecule has 9 heteroatoms. The van der Waals surface area contributed by atoms with Gasteiger partial charge in [0.15, 0.2) is 18.6 Å². The molecule has 1 unspecified atom stereocenters. The highest BCUT2D eigenvalue weighted by molar-refractivity contribution is 5.71. The Bertz CT molecular complexity index is 323. The third kappa shape index (κ3) is 4.10. The number of hydrogen-bond donors (Lipinski definition) is 2. The SMILES string of the molecule is COC1O[C@H](COC(=O)CO)[C@@H](OC(=O)CO)[C@@H]1F. The molecule has 110 valence electrons. The zero-order valence-corrected chi connectivity index (χ0v) is 10.2. The minimum atomic E-state index is -1.78. The molecule has 2 N–H and O–H groups in total. The standard InChI is InChI=1S/C10H15FO8/c1-16-10-8(11)9(19-7(15)3-13)5(18-10)4-17-6(14)2-12/h5,8-10,12-13H,2-4H2,1H3/t5-,8+,9-,10?/m1/s1. The molecular weight excluding hydrogens is 267 g/mol. The van der Waals surface area contributed by atoms with Crippen LogP contribution in [0.3, 0.4) is 0 Å². The first-order valence-corrected chi connectivity index (χ1v) is 5.42. The highest BCUT2D eigenvalue weighted by Gasteiger charge is 2.48. The highest BCUT2D eigenvalue weighted by atomic mass is 19.1. The Morgan fingerprint density at radius 2 is 1.89 bits per heavy atom. The molecule has 1 aliphatic rings. The predicted octanol–water partition coefficient (Wildman–Crippen LogP) is -1.86. The van der Waals surface area contributed by atoms with Gasteiger partial charge in [-0.25, -0.2) is 14.0 Å². The van der Waals surface area contributed by atoms with Crippen molar-refractivity contribution in [1.29, 1.82) is 0 Å². The van der Waals surface area contributed by atoms with Gasteiger partial charge < -0.3 is 29.2 Å². The van der Waals surface area contributed by atoms with Crippen LogP contribution >= 0.6 is 0 Å². The van der Waals surface area contributed by atoms with Gasteiger partial charge in [0, 0.05) is 7.11 Å². The van der Waals surface area contributed by atoms with Crippen LogP contribution in [0.15, 0.2) is 0 Å². The van der Waals surface area contributed by atoms with Crippen LogP contribution in [-0.2, 0) is 28.5 Å². The van der Waals surface area contributed by atoms with Crippen LogP contribution in [0, 0.1) is 0 Å². The van der Waals surface area contributed by atoms with Crippen LogP contribution in [0.4, 0.5) is 4.39 Å². The zero-order valence-electron chi connectivity index (χ0n) is 10.2. The molecule has 1 heterocycles. The first-order chi connectivity index (χ1) is 9.03. The summed E-state index contributed by atoms with van der Waals surface area (Å²) in [6, 6.07) is 0. The summed E-state index contributed by atoms with van der Waals surface area (Å²) >= 11 is 0. The summed E-state index contributed by atoms with van der Waals surface area (Å²) in [6.07, 6.45) is -5.49. The van der Waals surface area contributed by atoms with Gasteiger partial charge in [0.25, 0.3) is 0 Å². The second-order valence-corrected chi connectivity index (χ2v) is 3.68. The number of halogens is 1. The van der Waals surface area contributed by atoms with Crippen LogP contribution in [0.5, 0.6) is 0 Å². The van der Waals surface area contributed by atoms with Gasteiger partial charge in [0.05, 0.1) is 0 Å². The topological polar surface area (TPSA) is 112 Å². The van der Waals surface area contributed by atoms with Crippen molar-refractivity contribution in [2.75, 3.05) is 26.9 Å². The van der Waals surface area contributed by atoms with Crippen LogP contribution in [0.25, 0.3) is 0 Å². The lowest BCUT2D eigenvalue weighted by Gasteiger charge is -2.18. The first-order valence-electron chi connectivity index (χ1n) is 5.42. The molecular formula is C10H15FO8. The average molecular weight is 282 g/mol. The fraction of sp³-hybridized carbons (Fsp3) is 0.800. The Hall–Kier alpha value is -1.29. The Balaban J connectivity index is 2.63. The largest absolute Gasteiger partial charge is 0.461 e. The molecule has 0 radical (unpaired) electrons. The third-order valence-corrected chi connectivity index (χ3v) is 2.42. The van der Waals surface area contributed by atoms with Crippen molar-refractivity contribution in [2.45, 2.75) is 24.7 Å². The van der Waals surface area contributed by atoms with E-state index in [9.17, 15) is 14.0 Å². The molecule has 0 spiro atoms. The molecule has 0 amide bonds. The zero-order chi connectivity index (χ0) is 14.4. The molecule has 1 aliphatic heterocycles. The summed E-state index contributed by atoms with van der Waals surface area (Å²) < 4.78 is 32.8. The fourth-order valence-electron chi connectivity index (χ4n) is 1.56. The minimum absolute atomic E-state index is 0.414. The number of alkyl halides is 1. The van der Waals surface area contributed by atoms with E-state index in [2.05, 4.69) is 9.47 Å². The number of aliphatic hydroxyl groups excluding tert-OH is 2. The molecule has 0 aromatic rings. The number of carbonyl (C=O) groups excluding carboxylic acids is 2. The van der Waals surface area contributed by atoms with Crippen molar-refractivity contribution in [1.82, 2.24) is 0 Å². The summed E-state index contributed by atoms with van der Waals surface area (Å²) in [7, 11) is 1.20. The summed E-state index contributed by atoms with van der Waals surface area (Å²) in [6.45, 7) is -2.16. The Labute approximate surface area is 108 Å². The average Bonchev–Trinajstić information content (AvgIpc) is 2.72. The molecule has 19 heavy (non-hydrogen) atoms. The molecule has 1 saturated heterocycles. The monoisotopic (exact) mass is 282 g/mol. The summed E-state index contributed by atoms with van der Waals surface area (Å²) in [5, 5.41) is 17.0. The summed E-state index contributed by atoms with van der Waals surface area (Å²) in [5.74, 6) is -1.96. The lowest BCUT2D eigenvalue weighted by Crippen LogP contribution is -2.38. The fourth-order valence-corrected chi connectivity index (χ4v) is 1.56. The lowest BCUT2D eigenvalue weighted by molar-refractivity contribution is -0.167. The maximum Gasteiger partial charge on any atom is 0.332 e. The van der Waals surface area contributed by atoms with Gasteiger partial charge in [0.2, 0.25) is 0 Å². The second-order valence-electron chi connectivity index (χ2n) is 3.68. The molecule has 0 bridgehead atoms. The number of carbonyl (C=O) groups is 2. The molecule has 0 aliphatic carbocycles. The van der Waals surface area contributed by atoms with E-state index < -0.39 is 56.4 Å². The Morgan fingerprint density at radius 1 is 1.26 bits per heavy atom. The van der Waals surface area contributed by atoms with Crippen molar-refractivity contribution in [2.24, 2.45) is 0 Å². The predicted molar refractivity (Wildman–Crippen MR) is 55.6 cm³/mol. The maximum absolute atomic E-state index is 13.8. The minimum Gasteiger partial charge on any atom is -0.461 e. The molecule has 0 saturated carbocycles. The van der Waals surface area contributed by atoms with Gasteiger partial charge in [-0.15, -0.1) is 0 Å². The van der Waals surface area contributed by atoms with Gasteiger partial charge in [-0.3, -0.25) is 0 Å².